The van der Waals surface area contributed by atoms with Gasteiger partial charge in [0.2, 0.25) is 0 Å². The van der Waals surface area contributed by atoms with Crippen LogP contribution in [0.15, 0.2) is 24.3 Å². The van der Waals surface area contributed by atoms with E-state index >= 15 is 0 Å². The number of alkyl carbamates (subject to hydrolysis) is 1. The van der Waals surface area contributed by atoms with E-state index < -0.39 is 5.60 Å². The number of rotatable bonds is 4. The molecule has 1 N–H and O–H groups in total. The van der Waals surface area contributed by atoms with Crippen molar-refractivity contribution in [2.75, 3.05) is 37.6 Å². The van der Waals surface area contributed by atoms with E-state index in [1.165, 1.54) is 35.3 Å². The van der Waals surface area contributed by atoms with Crippen LogP contribution in [0, 0.1) is 11.3 Å². The Balaban J connectivity index is 1.03. The second-order valence-electron chi connectivity index (χ2n) is 10.8. The normalized spacial score (nSPS) is 28.9. The van der Waals surface area contributed by atoms with Crippen molar-refractivity contribution in [3.63, 3.8) is 0 Å². The summed E-state index contributed by atoms with van der Waals surface area (Å²) < 4.78 is 11.4. The lowest BCUT2D eigenvalue weighted by molar-refractivity contribution is -0.0608. The lowest BCUT2D eigenvalue weighted by Crippen LogP contribution is -2.58. The van der Waals surface area contributed by atoms with Gasteiger partial charge in [-0.25, -0.2) is 4.79 Å². The summed E-state index contributed by atoms with van der Waals surface area (Å²) in [5.74, 6) is 1.98. The number of carbonyl (C=O) groups is 1. The van der Waals surface area contributed by atoms with Gasteiger partial charge in [-0.2, -0.15) is 4.37 Å². The third kappa shape index (κ3) is 4.53. The van der Waals surface area contributed by atoms with Crippen molar-refractivity contribution >= 4 is 33.5 Å². The van der Waals surface area contributed by atoms with E-state index in [1.807, 2.05) is 20.8 Å². The fourth-order valence-electron chi connectivity index (χ4n) is 5.80. The van der Waals surface area contributed by atoms with Gasteiger partial charge in [0.25, 0.3) is 0 Å². The first kappa shape index (κ1) is 21.0. The standard InChI is InChI=1S/C24H34N4O2S/c1-23(2,3)30-22(29)25-18-14-24(15-18)12-17(13-24)16-27-8-10-28(11-9-27)21-19-6-4-5-7-20(19)31-26-21/h4-7,17-18H,8-16H2,1-3H3,(H,25,29). The molecule has 1 aliphatic heterocycles. The minimum Gasteiger partial charge on any atom is -0.444 e. The van der Waals surface area contributed by atoms with Crippen LogP contribution in [0.2, 0.25) is 0 Å². The molecule has 0 unspecified atom stereocenters. The van der Waals surface area contributed by atoms with Crippen LogP contribution in [-0.4, -0.2) is 59.7 Å². The highest BCUT2D eigenvalue weighted by molar-refractivity contribution is 7.13. The number of piperazine rings is 1. The Morgan fingerprint density at radius 2 is 1.87 bits per heavy atom. The van der Waals surface area contributed by atoms with Crippen molar-refractivity contribution in [1.82, 2.24) is 14.6 Å². The average Bonchev–Trinajstić information content (AvgIpc) is 3.08. The van der Waals surface area contributed by atoms with Gasteiger partial charge in [0, 0.05) is 44.2 Å². The molecule has 2 saturated carbocycles. The van der Waals surface area contributed by atoms with Gasteiger partial charge in [-0.05, 0) is 81.5 Å². The maximum atomic E-state index is 11.9. The van der Waals surface area contributed by atoms with Gasteiger partial charge in [0.1, 0.15) is 11.4 Å². The summed E-state index contributed by atoms with van der Waals surface area (Å²) in [4.78, 5) is 17.0. The summed E-state index contributed by atoms with van der Waals surface area (Å²) in [7, 11) is 0. The maximum absolute atomic E-state index is 11.9. The first-order valence-corrected chi connectivity index (χ1v) is 12.4. The highest BCUT2D eigenvalue weighted by Gasteiger charge is 2.53. The Morgan fingerprint density at radius 3 is 2.58 bits per heavy atom. The van der Waals surface area contributed by atoms with Crippen LogP contribution < -0.4 is 10.2 Å². The predicted molar refractivity (Wildman–Crippen MR) is 126 cm³/mol. The number of hydrogen-bond acceptors (Lipinski definition) is 6. The summed E-state index contributed by atoms with van der Waals surface area (Å²) in [6, 6.07) is 8.85. The first-order chi connectivity index (χ1) is 14.8. The molecule has 1 spiro atoms. The third-order valence-corrected chi connectivity index (χ3v) is 7.89. The second-order valence-corrected chi connectivity index (χ2v) is 11.6. The quantitative estimate of drug-likeness (QED) is 0.755. The third-order valence-electron chi connectivity index (χ3n) is 7.07. The van der Waals surface area contributed by atoms with Gasteiger partial charge in [0.05, 0.1) is 4.70 Å². The SMILES string of the molecule is CC(C)(C)OC(=O)NC1CC2(CC(CN3CCN(c4nsc5ccccc45)CC3)C2)C1. The lowest BCUT2D eigenvalue weighted by atomic mass is 9.50. The molecule has 7 heteroatoms. The van der Waals surface area contributed by atoms with E-state index in [4.69, 9.17) is 9.11 Å². The van der Waals surface area contributed by atoms with Crippen LogP contribution >= 0.6 is 11.5 Å². The topological polar surface area (TPSA) is 57.7 Å². The van der Waals surface area contributed by atoms with Gasteiger partial charge in [-0.3, -0.25) is 4.90 Å². The first-order valence-electron chi connectivity index (χ1n) is 11.6. The number of benzene rings is 1. The second kappa shape index (κ2) is 7.93. The molecule has 31 heavy (non-hydrogen) atoms. The Hall–Kier alpha value is -1.86. The zero-order valence-electron chi connectivity index (χ0n) is 18.9. The molecule has 1 aromatic heterocycles. The number of aromatic nitrogens is 1. The summed E-state index contributed by atoms with van der Waals surface area (Å²) in [5.41, 5.74) is 0.0649. The number of nitrogens with one attached hydrogen (secondary N) is 1. The monoisotopic (exact) mass is 442 g/mol. The van der Waals surface area contributed by atoms with Gasteiger partial charge >= 0.3 is 6.09 Å². The summed E-state index contributed by atoms with van der Waals surface area (Å²) in [6.45, 7) is 11.3. The maximum Gasteiger partial charge on any atom is 0.407 e. The average molecular weight is 443 g/mol. The van der Waals surface area contributed by atoms with E-state index in [0.717, 1.165) is 44.9 Å². The largest absolute Gasteiger partial charge is 0.444 e. The molecule has 2 aliphatic carbocycles. The number of ether oxygens (including phenoxy) is 1. The number of fused-ring (bicyclic) bond motifs is 1. The molecule has 3 aliphatic rings. The Labute approximate surface area is 189 Å². The van der Waals surface area contributed by atoms with E-state index in [1.54, 1.807) is 11.5 Å². The molecule has 0 bridgehead atoms. The number of carbonyl (C=O) groups excluding carboxylic acids is 1. The Bertz CT molecular complexity index is 930. The highest BCUT2D eigenvalue weighted by Crippen LogP contribution is 2.58. The van der Waals surface area contributed by atoms with Crippen molar-refractivity contribution in [2.24, 2.45) is 11.3 Å². The Kier molecular flexibility index (Phi) is 5.37. The molecule has 0 radical (unpaired) electrons. The number of amides is 1. The van der Waals surface area contributed by atoms with E-state index in [-0.39, 0.29) is 6.09 Å². The fraction of sp³-hybridized carbons (Fsp3) is 0.667. The van der Waals surface area contributed by atoms with Crippen LogP contribution in [0.1, 0.15) is 46.5 Å². The molecule has 2 heterocycles. The summed E-state index contributed by atoms with van der Waals surface area (Å²) >= 11 is 1.61. The van der Waals surface area contributed by atoms with Crippen LogP contribution in [0.5, 0.6) is 0 Å². The van der Waals surface area contributed by atoms with Crippen molar-refractivity contribution in [2.45, 2.75) is 58.1 Å². The van der Waals surface area contributed by atoms with E-state index in [9.17, 15) is 4.79 Å². The predicted octanol–water partition coefficient (Wildman–Crippen LogP) is 4.50. The van der Waals surface area contributed by atoms with Crippen LogP contribution in [-0.2, 0) is 4.74 Å². The minimum absolute atomic E-state index is 0.269. The van der Waals surface area contributed by atoms with Gasteiger partial charge < -0.3 is 15.0 Å². The van der Waals surface area contributed by atoms with Crippen LogP contribution in [0.4, 0.5) is 10.6 Å². The van der Waals surface area contributed by atoms with Crippen molar-refractivity contribution in [1.29, 1.82) is 0 Å². The molecule has 2 aromatic rings. The molecule has 5 rings (SSSR count). The molecule has 6 nitrogen and oxygen atoms in total. The zero-order valence-corrected chi connectivity index (χ0v) is 19.7. The number of nitrogens with zero attached hydrogens (tertiary/aromatic N) is 3. The molecule has 0 atom stereocenters. The van der Waals surface area contributed by atoms with Crippen molar-refractivity contribution in [3.05, 3.63) is 24.3 Å². The Morgan fingerprint density at radius 1 is 1.16 bits per heavy atom. The molecule has 1 amide bonds. The van der Waals surface area contributed by atoms with Gasteiger partial charge in [0.15, 0.2) is 0 Å². The fourth-order valence-corrected chi connectivity index (χ4v) is 6.59. The molecule has 168 valence electrons. The smallest absolute Gasteiger partial charge is 0.407 e. The van der Waals surface area contributed by atoms with E-state index in [0.29, 0.717) is 11.5 Å². The highest BCUT2D eigenvalue weighted by atomic mass is 32.1. The van der Waals surface area contributed by atoms with Gasteiger partial charge in [-0.1, -0.05) is 12.1 Å². The number of anilines is 1. The van der Waals surface area contributed by atoms with Gasteiger partial charge in [-0.15, -0.1) is 0 Å². The molecule has 1 aromatic carbocycles. The van der Waals surface area contributed by atoms with Crippen molar-refractivity contribution in [3.8, 4) is 0 Å². The summed E-state index contributed by atoms with van der Waals surface area (Å²) in [5, 5.41) is 4.33. The van der Waals surface area contributed by atoms with E-state index in [2.05, 4.69) is 39.4 Å². The number of hydrogen-bond donors (Lipinski definition) is 1. The molecule has 3 fully saturated rings. The van der Waals surface area contributed by atoms with Crippen molar-refractivity contribution < 1.29 is 9.53 Å². The summed E-state index contributed by atoms with van der Waals surface area (Å²) in [6.07, 6.45) is 4.60. The molecular weight excluding hydrogens is 408 g/mol. The van der Waals surface area contributed by atoms with Crippen LogP contribution in [0.25, 0.3) is 10.1 Å². The molecule has 1 saturated heterocycles. The van der Waals surface area contributed by atoms with Crippen LogP contribution in [0.3, 0.4) is 0 Å². The lowest BCUT2D eigenvalue weighted by Gasteiger charge is -2.58. The zero-order chi connectivity index (χ0) is 21.6. The molecular formula is C24H34N4O2S. The minimum atomic E-state index is -0.427.